The van der Waals surface area contributed by atoms with Crippen molar-refractivity contribution in [1.29, 1.82) is 0 Å². The lowest BCUT2D eigenvalue weighted by Crippen LogP contribution is -2.04. The molecule has 0 atom stereocenters. The molecule has 1 aromatic heterocycles. The second kappa shape index (κ2) is 7.01. The number of aromatic nitrogens is 2. The SMILES string of the molecule is CCc1cc(-c2ccccc2)cc(C)c1-n1ccnc1-c1ccccc1. The molecule has 2 nitrogen and oxygen atoms in total. The van der Waals surface area contributed by atoms with E-state index in [4.69, 9.17) is 0 Å². The van der Waals surface area contributed by atoms with Crippen LogP contribution in [0.2, 0.25) is 0 Å². The lowest BCUT2D eigenvalue weighted by molar-refractivity contribution is 0.997. The number of aryl methyl sites for hydroxylation is 2. The molecule has 0 aliphatic heterocycles. The Kier molecular flexibility index (Phi) is 4.40. The van der Waals surface area contributed by atoms with Gasteiger partial charge in [0.2, 0.25) is 0 Å². The van der Waals surface area contributed by atoms with Gasteiger partial charge in [-0.05, 0) is 47.7 Å². The predicted molar refractivity (Wildman–Crippen MR) is 109 cm³/mol. The molecule has 0 unspecified atom stereocenters. The van der Waals surface area contributed by atoms with Crippen LogP contribution in [0.1, 0.15) is 18.1 Å². The maximum Gasteiger partial charge on any atom is 0.144 e. The third-order valence-corrected chi connectivity index (χ3v) is 4.78. The Morgan fingerprint density at radius 1 is 0.808 bits per heavy atom. The summed E-state index contributed by atoms with van der Waals surface area (Å²) in [6, 6.07) is 25.5. The molecule has 128 valence electrons. The van der Waals surface area contributed by atoms with Crippen LogP contribution in [-0.4, -0.2) is 9.55 Å². The van der Waals surface area contributed by atoms with Crippen LogP contribution in [0.25, 0.3) is 28.2 Å². The van der Waals surface area contributed by atoms with E-state index in [9.17, 15) is 0 Å². The first-order valence-corrected chi connectivity index (χ1v) is 9.06. The third kappa shape index (κ3) is 2.95. The third-order valence-electron chi connectivity index (χ3n) is 4.78. The van der Waals surface area contributed by atoms with Crippen molar-refractivity contribution >= 4 is 0 Å². The molecule has 0 radical (unpaired) electrons. The molecule has 0 aliphatic carbocycles. The maximum atomic E-state index is 4.62. The van der Waals surface area contributed by atoms with Crippen molar-refractivity contribution in [2.75, 3.05) is 0 Å². The van der Waals surface area contributed by atoms with Crippen molar-refractivity contribution < 1.29 is 0 Å². The Morgan fingerprint density at radius 3 is 2.12 bits per heavy atom. The van der Waals surface area contributed by atoms with Crippen molar-refractivity contribution in [2.45, 2.75) is 20.3 Å². The van der Waals surface area contributed by atoms with Gasteiger partial charge in [-0.25, -0.2) is 4.98 Å². The van der Waals surface area contributed by atoms with Gasteiger partial charge >= 0.3 is 0 Å². The summed E-state index contributed by atoms with van der Waals surface area (Å²) in [5.74, 6) is 0.982. The minimum Gasteiger partial charge on any atom is -0.299 e. The van der Waals surface area contributed by atoms with E-state index < -0.39 is 0 Å². The zero-order chi connectivity index (χ0) is 17.9. The molecular weight excluding hydrogens is 316 g/mol. The van der Waals surface area contributed by atoms with Gasteiger partial charge in [-0.3, -0.25) is 4.57 Å². The minimum atomic E-state index is 0.975. The number of nitrogens with zero attached hydrogens (tertiary/aromatic N) is 2. The average Bonchev–Trinajstić information content (AvgIpc) is 3.18. The fourth-order valence-electron chi connectivity index (χ4n) is 3.55. The molecule has 3 aromatic carbocycles. The van der Waals surface area contributed by atoms with E-state index in [1.807, 2.05) is 12.3 Å². The van der Waals surface area contributed by atoms with E-state index in [1.165, 1.54) is 27.9 Å². The van der Waals surface area contributed by atoms with Gasteiger partial charge in [0, 0.05) is 18.0 Å². The van der Waals surface area contributed by atoms with Crippen LogP contribution in [0.5, 0.6) is 0 Å². The van der Waals surface area contributed by atoms with Crippen LogP contribution < -0.4 is 0 Å². The van der Waals surface area contributed by atoms with Crippen LogP contribution in [0, 0.1) is 6.92 Å². The van der Waals surface area contributed by atoms with Gasteiger partial charge in [0.15, 0.2) is 0 Å². The quantitative estimate of drug-likeness (QED) is 0.441. The summed E-state index contributed by atoms with van der Waals surface area (Å²) in [4.78, 5) is 4.62. The lowest BCUT2D eigenvalue weighted by atomic mass is 9.96. The summed E-state index contributed by atoms with van der Waals surface area (Å²) in [7, 11) is 0. The Labute approximate surface area is 154 Å². The normalized spacial score (nSPS) is 10.8. The Morgan fingerprint density at radius 2 is 1.46 bits per heavy atom. The summed E-state index contributed by atoms with van der Waals surface area (Å²) in [5, 5.41) is 0. The molecule has 0 bridgehead atoms. The molecule has 0 spiro atoms. The molecule has 0 amide bonds. The summed E-state index contributed by atoms with van der Waals surface area (Å²) in [6.45, 7) is 4.40. The second-order valence-corrected chi connectivity index (χ2v) is 6.51. The van der Waals surface area contributed by atoms with Gasteiger partial charge in [0.1, 0.15) is 5.82 Å². The van der Waals surface area contributed by atoms with Crippen molar-refractivity contribution in [3.8, 4) is 28.2 Å². The molecular formula is C24H22N2. The van der Waals surface area contributed by atoms with Gasteiger partial charge in [-0.2, -0.15) is 0 Å². The molecule has 0 saturated heterocycles. The van der Waals surface area contributed by atoms with E-state index in [-0.39, 0.29) is 0 Å². The highest BCUT2D eigenvalue weighted by atomic mass is 15.1. The zero-order valence-electron chi connectivity index (χ0n) is 15.2. The first-order chi connectivity index (χ1) is 12.8. The van der Waals surface area contributed by atoms with Crippen molar-refractivity contribution in [3.63, 3.8) is 0 Å². The molecule has 4 aromatic rings. The molecule has 0 aliphatic rings. The highest BCUT2D eigenvalue weighted by Crippen LogP contribution is 2.31. The van der Waals surface area contributed by atoms with E-state index in [1.54, 1.807) is 0 Å². The number of hydrogen-bond donors (Lipinski definition) is 0. The van der Waals surface area contributed by atoms with Gasteiger partial charge in [-0.1, -0.05) is 67.6 Å². The summed E-state index contributed by atoms with van der Waals surface area (Å²) >= 11 is 0. The first kappa shape index (κ1) is 16.3. The summed E-state index contributed by atoms with van der Waals surface area (Å²) in [5.41, 5.74) is 7.49. The molecule has 0 saturated carbocycles. The fourth-order valence-corrected chi connectivity index (χ4v) is 3.55. The van der Waals surface area contributed by atoms with Crippen molar-refractivity contribution in [1.82, 2.24) is 9.55 Å². The minimum absolute atomic E-state index is 0.975. The van der Waals surface area contributed by atoms with Crippen molar-refractivity contribution in [2.24, 2.45) is 0 Å². The largest absolute Gasteiger partial charge is 0.299 e. The highest BCUT2D eigenvalue weighted by Gasteiger charge is 2.14. The average molecular weight is 338 g/mol. The van der Waals surface area contributed by atoms with Gasteiger partial charge in [-0.15, -0.1) is 0 Å². The summed E-state index contributed by atoms with van der Waals surface area (Å²) < 4.78 is 2.22. The molecule has 0 N–H and O–H groups in total. The van der Waals surface area contributed by atoms with Crippen molar-refractivity contribution in [3.05, 3.63) is 96.3 Å². The van der Waals surface area contributed by atoms with Crippen LogP contribution in [0.4, 0.5) is 0 Å². The standard InChI is InChI=1S/C24H22N2/c1-3-19-17-22(20-10-6-4-7-11-20)16-18(2)23(19)26-15-14-25-24(26)21-12-8-5-9-13-21/h4-17H,3H2,1-2H3. The second-order valence-electron chi connectivity index (χ2n) is 6.51. The monoisotopic (exact) mass is 338 g/mol. The molecule has 0 fully saturated rings. The van der Waals surface area contributed by atoms with E-state index in [0.717, 1.165) is 17.8 Å². The van der Waals surface area contributed by atoms with E-state index in [2.05, 4.69) is 96.3 Å². The molecule has 4 rings (SSSR count). The van der Waals surface area contributed by atoms with Crippen LogP contribution in [0.3, 0.4) is 0 Å². The van der Waals surface area contributed by atoms with Gasteiger partial charge < -0.3 is 0 Å². The van der Waals surface area contributed by atoms with Gasteiger partial charge in [0.25, 0.3) is 0 Å². The first-order valence-electron chi connectivity index (χ1n) is 9.06. The zero-order valence-corrected chi connectivity index (χ0v) is 15.2. The summed E-state index contributed by atoms with van der Waals surface area (Å²) in [6.07, 6.45) is 4.92. The Hall–Kier alpha value is -3.13. The fraction of sp³-hybridized carbons (Fsp3) is 0.125. The number of hydrogen-bond acceptors (Lipinski definition) is 1. The lowest BCUT2D eigenvalue weighted by Gasteiger charge is -2.17. The van der Waals surface area contributed by atoms with Crippen LogP contribution in [0.15, 0.2) is 85.2 Å². The Bertz CT molecular complexity index is 1010. The van der Waals surface area contributed by atoms with Crippen LogP contribution in [-0.2, 0) is 6.42 Å². The topological polar surface area (TPSA) is 17.8 Å². The number of imidazole rings is 1. The van der Waals surface area contributed by atoms with E-state index in [0.29, 0.717) is 0 Å². The molecule has 1 heterocycles. The number of benzene rings is 3. The van der Waals surface area contributed by atoms with E-state index >= 15 is 0 Å². The van der Waals surface area contributed by atoms with Gasteiger partial charge in [0.05, 0.1) is 5.69 Å². The highest BCUT2D eigenvalue weighted by molar-refractivity contribution is 5.70. The smallest absolute Gasteiger partial charge is 0.144 e. The Balaban J connectivity index is 1.88. The molecule has 2 heteroatoms. The predicted octanol–water partition coefficient (Wildman–Crippen LogP) is 6.08. The molecule has 26 heavy (non-hydrogen) atoms. The maximum absolute atomic E-state index is 4.62. The van der Waals surface area contributed by atoms with Crippen LogP contribution >= 0.6 is 0 Å². The number of rotatable bonds is 4.